The summed E-state index contributed by atoms with van der Waals surface area (Å²) in [5.74, 6) is -0.304. The van der Waals surface area contributed by atoms with E-state index in [1.165, 1.54) is 12.3 Å². The number of rotatable bonds is 6. The van der Waals surface area contributed by atoms with E-state index in [0.29, 0.717) is 25.6 Å². The second kappa shape index (κ2) is 6.07. The van der Waals surface area contributed by atoms with Crippen LogP contribution in [0.2, 0.25) is 0 Å². The molecule has 0 saturated carbocycles. The first-order valence-electron chi connectivity index (χ1n) is 5.13. The number of hydrogen-bond acceptors (Lipinski definition) is 4. The zero-order valence-electron chi connectivity index (χ0n) is 9.51. The minimum atomic E-state index is -0.943. The van der Waals surface area contributed by atoms with Gasteiger partial charge in [-0.1, -0.05) is 0 Å². The normalized spacial score (nSPS) is 10.1. The van der Waals surface area contributed by atoms with Gasteiger partial charge in [0.2, 0.25) is 0 Å². The van der Waals surface area contributed by atoms with Crippen molar-refractivity contribution in [1.29, 1.82) is 0 Å². The molecular formula is C11H16N2O3. The topological polar surface area (TPSA) is 62.7 Å². The average molecular weight is 224 g/mol. The summed E-state index contributed by atoms with van der Waals surface area (Å²) < 4.78 is 5.22. The van der Waals surface area contributed by atoms with Crippen LogP contribution in [0.1, 0.15) is 17.3 Å². The fourth-order valence-corrected chi connectivity index (χ4v) is 1.22. The van der Waals surface area contributed by atoms with E-state index < -0.39 is 5.97 Å². The summed E-state index contributed by atoms with van der Waals surface area (Å²) in [5, 5.41) is 8.83. The van der Waals surface area contributed by atoms with Gasteiger partial charge in [-0.2, -0.15) is 0 Å². The van der Waals surface area contributed by atoms with Crippen LogP contribution in [0.15, 0.2) is 18.3 Å². The van der Waals surface area contributed by atoms with Gasteiger partial charge in [-0.3, -0.25) is 0 Å². The number of aromatic nitrogens is 1. The first-order valence-corrected chi connectivity index (χ1v) is 5.13. The number of carbonyl (C=O) groups is 1. The molecule has 5 nitrogen and oxygen atoms in total. The summed E-state index contributed by atoms with van der Waals surface area (Å²) in [4.78, 5) is 16.7. The molecule has 0 aliphatic rings. The fraction of sp³-hybridized carbons (Fsp3) is 0.455. The van der Waals surface area contributed by atoms with Gasteiger partial charge in [0.15, 0.2) is 0 Å². The van der Waals surface area contributed by atoms with Gasteiger partial charge in [-0.15, -0.1) is 0 Å². The summed E-state index contributed by atoms with van der Waals surface area (Å²) >= 11 is 0. The Morgan fingerprint density at radius 2 is 2.38 bits per heavy atom. The molecule has 88 valence electrons. The SMILES string of the molecule is CCOCCN(C)c1cc(C(=O)O)ccn1. The molecule has 0 bridgehead atoms. The lowest BCUT2D eigenvalue weighted by Crippen LogP contribution is -2.23. The van der Waals surface area contributed by atoms with Gasteiger partial charge in [-0.05, 0) is 19.1 Å². The van der Waals surface area contributed by atoms with Crippen molar-refractivity contribution in [2.24, 2.45) is 0 Å². The third-order valence-corrected chi connectivity index (χ3v) is 2.16. The summed E-state index contributed by atoms with van der Waals surface area (Å²) in [7, 11) is 1.85. The number of pyridine rings is 1. The van der Waals surface area contributed by atoms with Crippen LogP contribution in [0.3, 0.4) is 0 Å². The Kier molecular flexibility index (Phi) is 4.72. The second-order valence-electron chi connectivity index (χ2n) is 3.33. The Morgan fingerprint density at radius 3 is 3.00 bits per heavy atom. The predicted molar refractivity (Wildman–Crippen MR) is 61.0 cm³/mol. The van der Waals surface area contributed by atoms with Crippen molar-refractivity contribution in [3.63, 3.8) is 0 Å². The van der Waals surface area contributed by atoms with Gasteiger partial charge in [0.25, 0.3) is 0 Å². The van der Waals surface area contributed by atoms with E-state index in [0.717, 1.165) is 0 Å². The number of aromatic carboxylic acids is 1. The number of nitrogens with zero attached hydrogens (tertiary/aromatic N) is 2. The fourth-order valence-electron chi connectivity index (χ4n) is 1.22. The van der Waals surface area contributed by atoms with Crippen LogP contribution in [0, 0.1) is 0 Å². The van der Waals surface area contributed by atoms with Gasteiger partial charge >= 0.3 is 5.97 Å². The molecule has 1 rings (SSSR count). The molecule has 0 aliphatic heterocycles. The summed E-state index contributed by atoms with van der Waals surface area (Å²) in [6, 6.07) is 3.02. The molecule has 0 unspecified atom stereocenters. The summed E-state index contributed by atoms with van der Waals surface area (Å²) in [5.41, 5.74) is 0.244. The van der Waals surface area contributed by atoms with E-state index in [-0.39, 0.29) is 5.56 Å². The number of likely N-dealkylation sites (N-methyl/N-ethyl adjacent to an activating group) is 1. The Morgan fingerprint density at radius 1 is 1.62 bits per heavy atom. The number of hydrogen-bond donors (Lipinski definition) is 1. The molecule has 0 aliphatic carbocycles. The minimum absolute atomic E-state index is 0.244. The average Bonchev–Trinajstić information content (AvgIpc) is 2.29. The number of anilines is 1. The number of carboxylic acid groups (broad SMARTS) is 1. The highest BCUT2D eigenvalue weighted by Gasteiger charge is 2.07. The lowest BCUT2D eigenvalue weighted by molar-refractivity contribution is 0.0697. The molecule has 1 aromatic rings. The van der Waals surface area contributed by atoms with E-state index in [1.54, 1.807) is 6.07 Å². The number of carboxylic acids is 1. The second-order valence-corrected chi connectivity index (χ2v) is 3.33. The van der Waals surface area contributed by atoms with Crippen molar-refractivity contribution >= 4 is 11.8 Å². The molecule has 1 heterocycles. The van der Waals surface area contributed by atoms with E-state index in [1.807, 2.05) is 18.9 Å². The summed E-state index contributed by atoms with van der Waals surface area (Å²) in [6.45, 7) is 3.90. The van der Waals surface area contributed by atoms with Crippen molar-refractivity contribution in [1.82, 2.24) is 4.98 Å². The van der Waals surface area contributed by atoms with E-state index in [4.69, 9.17) is 9.84 Å². The smallest absolute Gasteiger partial charge is 0.335 e. The first kappa shape index (κ1) is 12.4. The maximum Gasteiger partial charge on any atom is 0.335 e. The first-order chi connectivity index (χ1) is 7.65. The van der Waals surface area contributed by atoms with Gasteiger partial charge in [0, 0.05) is 26.4 Å². The standard InChI is InChI=1S/C11H16N2O3/c1-3-16-7-6-13(2)10-8-9(11(14)15)4-5-12-10/h4-5,8H,3,6-7H2,1-2H3,(H,14,15). The van der Waals surface area contributed by atoms with Gasteiger partial charge < -0.3 is 14.7 Å². The quantitative estimate of drug-likeness (QED) is 0.737. The molecule has 5 heteroatoms. The van der Waals surface area contributed by atoms with Crippen molar-refractivity contribution in [3.05, 3.63) is 23.9 Å². The zero-order chi connectivity index (χ0) is 12.0. The third-order valence-electron chi connectivity index (χ3n) is 2.16. The van der Waals surface area contributed by atoms with E-state index in [9.17, 15) is 4.79 Å². The van der Waals surface area contributed by atoms with Crippen molar-refractivity contribution < 1.29 is 14.6 Å². The molecule has 0 fully saturated rings. The van der Waals surface area contributed by atoms with Crippen LogP contribution >= 0.6 is 0 Å². The van der Waals surface area contributed by atoms with Crippen LogP contribution in [-0.4, -0.2) is 42.9 Å². The molecule has 0 saturated heterocycles. The van der Waals surface area contributed by atoms with Crippen molar-refractivity contribution in [2.45, 2.75) is 6.92 Å². The molecule has 0 aromatic carbocycles. The molecule has 0 radical (unpaired) electrons. The number of ether oxygens (including phenoxy) is 1. The lowest BCUT2D eigenvalue weighted by Gasteiger charge is -2.17. The molecule has 16 heavy (non-hydrogen) atoms. The molecule has 0 spiro atoms. The Labute approximate surface area is 94.7 Å². The monoisotopic (exact) mass is 224 g/mol. The molecular weight excluding hydrogens is 208 g/mol. The largest absolute Gasteiger partial charge is 0.478 e. The highest BCUT2D eigenvalue weighted by molar-refractivity contribution is 5.88. The molecule has 0 amide bonds. The Hall–Kier alpha value is -1.62. The van der Waals surface area contributed by atoms with Gasteiger partial charge in [0.05, 0.1) is 12.2 Å². The molecule has 0 atom stereocenters. The maximum atomic E-state index is 10.8. The lowest BCUT2D eigenvalue weighted by atomic mass is 10.2. The van der Waals surface area contributed by atoms with Crippen LogP contribution in [0.4, 0.5) is 5.82 Å². The predicted octanol–water partition coefficient (Wildman–Crippen LogP) is 1.25. The van der Waals surface area contributed by atoms with Crippen molar-refractivity contribution in [2.75, 3.05) is 31.7 Å². The van der Waals surface area contributed by atoms with E-state index in [2.05, 4.69) is 4.98 Å². The van der Waals surface area contributed by atoms with Crippen LogP contribution in [0.25, 0.3) is 0 Å². The highest BCUT2D eigenvalue weighted by atomic mass is 16.5. The minimum Gasteiger partial charge on any atom is -0.478 e. The maximum absolute atomic E-state index is 10.8. The third kappa shape index (κ3) is 3.51. The van der Waals surface area contributed by atoms with Gasteiger partial charge in [0.1, 0.15) is 5.82 Å². The van der Waals surface area contributed by atoms with Crippen molar-refractivity contribution in [3.8, 4) is 0 Å². The van der Waals surface area contributed by atoms with Crippen LogP contribution in [-0.2, 0) is 4.74 Å². The summed E-state index contributed by atoms with van der Waals surface area (Å²) in [6.07, 6.45) is 1.50. The molecule has 1 N–H and O–H groups in total. The van der Waals surface area contributed by atoms with Gasteiger partial charge in [-0.25, -0.2) is 9.78 Å². The van der Waals surface area contributed by atoms with Crippen LogP contribution in [0.5, 0.6) is 0 Å². The highest BCUT2D eigenvalue weighted by Crippen LogP contribution is 2.10. The van der Waals surface area contributed by atoms with Crippen LogP contribution < -0.4 is 4.90 Å². The zero-order valence-corrected chi connectivity index (χ0v) is 9.51. The van der Waals surface area contributed by atoms with E-state index >= 15 is 0 Å². The Bertz CT molecular complexity index is 355. The Balaban J connectivity index is 2.64. The molecule has 1 aromatic heterocycles.